The first kappa shape index (κ1) is 22.4. The summed E-state index contributed by atoms with van der Waals surface area (Å²) >= 11 is 1.28. The molecule has 0 saturated carbocycles. The van der Waals surface area contributed by atoms with Gasteiger partial charge in [-0.1, -0.05) is 38.1 Å². The van der Waals surface area contributed by atoms with Crippen molar-refractivity contribution in [2.45, 2.75) is 42.6 Å². The van der Waals surface area contributed by atoms with E-state index in [2.05, 4.69) is 0 Å². The average molecular weight is 423 g/mol. The summed E-state index contributed by atoms with van der Waals surface area (Å²) in [5.74, 6) is -0.375. The minimum atomic E-state index is -5.91. The Kier molecular flexibility index (Phi) is 6.30. The van der Waals surface area contributed by atoms with Gasteiger partial charge in [-0.2, -0.15) is 26.3 Å². The van der Waals surface area contributed by atoms with Crippen molar-refractivity contribution in [3.8, 4) is 0 Å². The monoisotopic (exact) mass is 423 g/mol. The van der Waals surface area contributed by atoms with Gasteiger partial charge in [-0.25, -0.2) is 0 Å². The number of anilines is 1. The fourth-order valence-corrected chi connectivity index (χ4v) is 3.57. The van der Waals surface area contributed by atoms with E-state index in [1.165, 1.54) is 18.0 Å². The van der Waals surface area contributed by atoms with E-state index in [-0.39, 0.29) is 11.5 Å². The van der Waals surface area contributed by atoms with Gasteiger partial charge in [-0.15, -0.1) is 0 Å². The highest BCUT2D eigenvalue weighted by molar-refractivity contribution is 8.00. The molecule has 0 aliphatic carbocycles. The second-order valence-electron chi connectivity index (χ2n) is 6.54. The molecular formula is C19H19F6NOS. The van der Waals surface area contributed by atoms with Crippen LogP contribution in [0.2, 0.25) is 0 Å². The van der Waals surface area contributed by atoms with E-state index >= 15 is 0 Å². The highest BCUT2D eigenvalue weighted by atomic mass is 32.2. The number of hydrogen-bond donors (Lipinski definition) is 1. The Morgan fingerprint density at radius 3 is 1.89 bits per heavy atom. The third-order valence-electron chi connectivity index (χ3n) is 4.21. The third-order valence-corrected chi connectivity index (χ3v) is 5.17. The van der Waals surface area contributed by atoms with Gasteiger partial charge in [0.1, 0.15) is 0 Å². The summed E-state index contributed by atoms with van der Waals surface area (Å²) < 4.78 is 80.7. The molecule has 0 amide bonds. The van der Waals surface area contributed by atoms with Crippen LogP contribution >= 0.6 is 11.9 Å². The lowest BCUT2D eigenvalue weighted by Gasteiger charge is -2.34. The second-order valence-corrected chi connectivity index (χ2v) is 7.74. The van der Waals surface area contributed by atoms with Crippen LogP contribution in [-0.2, 0) is 5.60 Å². The number of halogens is 6. The predicted octanol–water partition coefficient (Wildman–Crippen LogP) is 6.27. The first-order chi connectivity index (χ1) is 12.8. The van der Waals surface area contributed by atoms with Gasteiger partial charge in [-0.05, 0) is 47.7 Å². The van der Waals surface area contributed by atoms with E-state index in [0.717, 1.165) is 11.0 Å². The fraction of sp³-hybridized carbons (Fsp3) is 0.368. The molecule has 0 bridgehead atoms. The number of benzene rings is 2. The maximum Gasteiger partial charge on any atom is 0.430 e. The predicted molar refractivity (Wildman–Crippen MR) is 97.2 cm³/mol. The summed E-state index contributed by atoms with van der Waals surface area (Å²) in [6.45, 7) is 3.31. The van der Waals surface area contributed by atoms with Crippen molar-refractivity contribution in [3.05, 3.63) is 59.7 Å². The molecule has 28 heavy (non-hydrogen) atoms. The molecule has 0 aliphatic rings. The molecule has 0 atom stereocenters. The van der Waals surface area contributed by atoms with Crippen LogP contribution < -0.4 is 4.31 Å². The zero-order chi connectivity index (χ0) is 21.3. The van der Waals surface area contributed by atoms with Crippen molar-refractivity contribution in [2.75, 3.05) is 11.4 Å². The Morgan fingerprint density at radius 2 is 1.43 bits per heavy atom. The Hall–Kier alpha value is -1.87. The van der Waals surface area contributed by atoms with Gasteiger partial charge in [0.2, 0.25) is 0 Å². The van der Waals surface area contributed by atoms with Gasteiger partial charge in [0.15, 0.2) is 0 Å². The topological polar surface area (TPSA) is 23.5 Å². The lowest BCUT2D eigenvalue weighted by molar-refractivity contribution is -0.376. The summed E-state index contributed by atoms with van der Waals surface area (Å²) in [4.78, 5) is 0.853. The molecule has 0 saturated heterocycles. The van der Waals surface area contributed by atoms with Gasteiger partial charge in [0, 0.05) is 17.5 Å². The largest absolute Gasteiger partial charge is 0.430 e. The van der Waals surface area contributed by atoms with Gasteiger partial charge in [0.05, 0.1) is 5.69 Å². The highest BCUT2D eigenvalue weighted by Gasteiger charge is 2.71. The maximum atomic E-state index is 13.2. The molecule has 0 spiro atoms. The minimum absolute atomic E-state index is 0.260. The number of hydrogen-bond acceptors (Lipinski definition) is 3. The fourth-order valence-electron chi connectivity index (χ4n) is 2.71. The molecule has 0 aliphatic heterocycles. The number of aliphatic hydroxyl groups is 1. The summed E-state index contributed by atoms with van der Waals surface area (Å²) in [5, 5.41) is 9.66. The summed E-state index contributed by atoms with van der Waals surface area (Å²) in [7, 11) is 1.66. The van der Waals surface area contributed by atoms with E-state index in [1.54, 1.807) is 25.2 Å². The molecule has 0 fully saturated rings. The van der Waals surface area contributed by atoms with Crippen LogP contribution in [-0.4, -0.2) is 24.5 Å². The Bertz CT molecular complexity index is 790. The van der Waals surface area contributed by atoms with Crippen molar-refractivity contribution in [2.24, 2.45) is 0 Å². The summed E-state index contributed by atoms with van der Waals surface area (Å²) in [5.41, 5.74) is -5.47. The molecule has 0 aromatic heterocycles. The first-order valence-corrected chi connectivity index (χ1v) is 9.03. The molecule has 2 nitrogen and oxygen atoms in total. The lowest BCUT2D eigenvalue weighted by atomic mass is 9.88. The Labute approximate surface area is 163 Å². The van der Waals surface area contributed by atoms with Gasteiger partial charge >= 0.3 is 12.4 Å². The van der Waals surface area contributed by atoms with Gasteiger partial charge in [-0.3, -0.25) is 0 Å². The van der Waals surface area contributed by atoms with Crippen LogP contribution in [0.1, 0.15) is 30.9 Å². The van der Waals surface area contributed by atoms with Crippen LogP contribution in [0.5, 0.6) is 0 Å². The van der Waals surface area contributed by atoms with Gasteiger partial charge < -0.3 is 9.41 Å². The minimum Gasteiger partial charge on any atom is -0.369 e. The molecule has 2 rings (SSSR count). The van der Waals surface area contributed by atoms with Crippen molar-refractivity contribution >= 4 is 17.6 Å². The third kappa shape index (κ3) is 4.25. The summed E-state index contributed by atoms with van der Waals surface area (Å²) in [6.07, 6.45) is -11.8. The second kappa shape index (κ2) is 7.87. The molecule has 9 heteroatoms. The molecule has 0 unspecified atom stereocenters. The molecule has 154 valence electrons. The zero-order valence-corrected chi connectivity index (χ0v) is 16.1. The normalized spacial score (nSPS) is 13.1. The molecule has 0 radical (unpaired) electrons. The van der Waals surface area contributed by atoms with Crippen molar-refractivity contribution < 1.29 is 31.4 Å². The molecule has 2 aromatic carbocycles. The van der Waals surface area contributed by atoms with Crippen LogP contribution in [0, 0.1) is 0 Å². The van der Waals surface area contributed by atoms with E-state index < -0.39 is 23.5 Å². The van der Waals surface area contributed by atoms with Crippen LogP contribution in [0.4, 0.5) is 32.0 Å². The summed E-state index contributed by atoms with van der Waals surface area (Å²) in [6, 6.07) is 11.7. The standard InChI is InChI=1S/C19H19F6NOS/c1-12(2)15-11-13(17(27,18(20,21)22)19(23,24)25)9-10-16(15)26(3)28-14-7-5-4-6-8-14/h4-12,27H,1-3H3. The molecule has 1 N–H and O–H groups in total. The van der Waals surface area contributed by atoms with Crippen LogP contribution in [0.15, 0.2) is 53.4 Å². The number of rotatable bonds is 5. The quantitative estimate of drug-likeness (QED) is 0.453. The van der Waals surface area contributed by atoms with Crippen molar-refractivity contribution in [3.63, 3.8) is 0 Å². The molecule has 2 aromatic rings. The van der Waals surface area contributed by atoms with Crippen LogP contribution in [0.25, 0.3) is 0 Å². The van der Waals surface area contributed by atoms with Crippen molar-refractivity contribution in [1.82, 2.24) is 0 Å². The molecule has 0 heterocycles. The average Bonchev–Trinajstić information content (AvgIpc) is 2.59. The first-order valence-electron chi connectivity index (χ1n) is 8.26. The van der Waals surface area contributed by atoms with E-state index in [9.17, 15) is 31.4 Å². The number of alkyl halides is 6. The Balaban J connectivity index is 2.53. The molecular weight excluding hydrogens is 404 g/mol. The van der Waals surface area contributed by atoms with E-state index in [0.29, 0.717) is 11.8 Å². The maximum absolute atomic E-state index is 13.2. The smallest absolute Gasteiger partial charge is 0.369 e. The highest BCUT2D eigenvalue weighted by Crippen LogP contribution is 2.51. The lowest BCUT2D eigenvalue weighted by Crippen LogP contribution is -2.54. The SMILES string of the molecule is CC(C)c1cc(C(O)(C(F)(F)F)C(F)(F)F)ccc1N(C)Sc1ccccc1. The Morgan fingerprint density at radius 1 is 0.893 bits per heavy atom. The zero-order valence-electron chi connectivity index (χ0n) is 15.3. The van der Waals surface area contributed by atoms with E-state index in [4.69, 9.17) is 0 Å². The number of nitrogens with zero attached hydrogens (tertiary/aromatic N) is 1. The van der Waals surface area contributed by atoms with E-state index in [1.807, 2.05) is 30.3 Å². The van der Waals surface area contributed by atoms with Gasteiger partial charge in [0.25, 0.3) is 5.60 Å². The van der Waals surface area contributed by atoms with Crippen LogP contribution in [0.3, 0.4) is 0 Å². The van der Waals surface area contributed by atoms with Crippen molar-refractivity contribution in [1.29, 1.82) is 0 Å².